The summed E-state index contributed by atoms with van der Waals surface area (Å²) in [7, 11) is 0. The van der Waals surface area contributed by atoms with Crippen molar-refractivity contribution in [3.63, 3.8) is 0 Å². The van der Waals surface area contributed by atoms with Gasteiger partial charge in [-0.1, -0.05) is 32.1 Å². The fraction of sp³-hybridized carbons (Fsp3) is 1.00. The van der Waals surface area contributed by atoms with Crippen LogP contribution in [-0.2, 0) is 0 Å². The highest BCUT2D eigenvalue weighted by molar-refractivity contribution is 5.08. The Bertz CT molecular complexity index is 285. The van der Waals surface area contributed by atoms with E-state index in [2.05, 4.69) is 24.1 Å². The van der Waals surface area contributed by atoms with Crippen molar-refractivity contribution < 1.29 is 0 Å². The van der Waals surface area contributed by atoms with Gasteiger partial charge in [0, 0.05) is 30.2 Å². The molecule has 0 radical (unpaired) electrons. The highest BCUT2D eigenvalue weighted by Crippen LogP contribution is 2.42. The van der Waals surface area contributed by atoms with E-state index in [-0.39, 0.29) is 0 Å². The van der Waals surface area contributed by atoms with Gasteiger partial charge in [0.2, 0.25) is 0 Å². The van der Waals surface area contributed by atoms with Crippen LogP contribution in [0.25, 0.3) is 0 Å². The van der Waals surface area contributed by atoms with Gasteiger partial charge in [-0.25, -0.2) is 0 Å². The Morgan fingerprint density at radius 3 is 2.11 bits per heavy atom. The summed E-state index contributed by atoms with van der Waals surface area (Å²) in [6.45, 7) is 7.38. The first kappa shape index (κ1) is 12.9. The standard InChI is InChI=1S/C16H30N2/c1-14(2)18-13-15(8-6-7-9-15)17-12-16(18)10-4-3-5-11-16/h14,17H,3-13H2,1-2H3. The summed E-state index contributed by atoms with van der Waals surface area (Å²) in [6.07, 6.45) is 12.9. The van der Waals surface area contributed by atoms with Crippen LogP contribution < -0.4 is 5.32 Å². The van der Waals surface area contributed by atoms with Gasteiger partial charge < -0.3 is 5.32 Å². The maximum Gasteiger partial charge on any atom is 0.0337 e. The third-order valence-corrected chi connectivity index (χ3v) is 5.84. The number of hydrogen-bond donors (Lipinski definition) is 1. The van der Waals surface area contributed by atoms with Crippen LogP contribution in [0.3, 0.4) is 0 Å². The molecule has 1 saturated heterocycles. The molecule has 2 nitrogen and oxygen atoms in total. The van der Waals surface area contributed by atoms with Crippen LogP contribution in [0.15, 0.2) is 0 Å². The highest BCUT2D eigenvalue weighted by atomic mass is 15.3. The van der Waals surface area contributed by atoms with E-state index >= 15 is 0 Å². The van der Waals surface area contributed by atoms with Crippen LogP contribution in [0.2, 0.25) is 0 Å². The molecule has 1 aliphatic heterocycles. The largest absolute Gasteiger partial charge is 0.308 e. The number of piperazine rings is 1. The minimum Gasteiger partial charge on any atom is -0.308 e. The second-order valence-corrected chi connectivity index (χ2v) is 7.35. The van der Waals surface area contributed by atoms with E-state index in [1.807, 2.05) is 0 Å². The number of rotatable bonds is 1. The zero-order valence-corrected chi connectivity index (χ0v) is 12.3. The normalized spacial score (nSPS) is 31.5. The van der Waals surface area contributed by atoms with Gasteiger partial charge in [0.1, 0.15) is 0 Å². The maximum atomic E-state index is 4.00. The Labute approximate surface area is 113 Å². The van der Waals surface area contributed by atoms with Crippen molar-refractivity contribution in [3.05, 3.63) is 0 Å². The van der Waals surface area contributed by atoms with Crippen molar-refractivity contribution in [2.45, 2.75) is 88.8 Å². The van der Waals surface area contributed by atoms with Crippen LogP contribution in [0.5, 0.6) is 0 Å². The SMILES string of the molecule is CC(C)N1CC2(CCCC2)NCC12CCCCC2. The molecule has 2 saturated carbocycles. The Hall–Kier alpha value is -0.0800. The van der Waals surface area contributed by atoms with Gasteiger partial charge in [0.25, 0.3) is 0 Å². The maximum absolute atomic E-state index is 4.00. The number of nitrogens with one attached hydrogen (secondary N) is 1. The molecule has 2 heteroatoms. The molecule has 0 bridgehead atoms. The monoisotopic (exact) mass is 250 g/mol. The minimum atomic E-state index is 0.479. The molecule has 3 rings (SSSR count). The fourth-order valence-corrected chi connectivity index (χ4v) is 4.79. The average Bonchev–Trinajstić information content (AvgIpc) is 2.83. The summed E-state index contributed by atoms with van der Waals surface area (Å²) >= 11 is 0. The predicted molar refractivity (Wildman–Crippen MR) is 76.9 cm³/mol. The summed E-state index contributed by atoms with van der Waals surface area (Å²) in [4.78, 5) is 2.88. The van der Waals surface area contributed by atoms with E-state index in [9.17, 15) is 0 Å². The first-order chi connectivity index (χ1) is 8.66. The topological polar surface area (TPSA) is 15.3 Å². The molecule has 0 aromatic carbocycles. The van der Waals surface area contributed by atoms with Crippen molar-refractivity contribution >= 4 is 0 Å². The van der Waals surface area contributed by atoms with Gasteiger partial charge in [-0.05, 0) is 39.5 Å². The molecule has 0 atom stereocenters. The minimum absolute atomic E-state index is 0.479. The van der Waals surface area contributed by atoms with Gasteiger partial charge in [0.05, 0.1) is 0 Å². The van der Waals surface area contributed by atoms with Crippen molar-refractivity contribution in [1.29, 1.82) is 0 Å². The molecular formula is C16H30N2. The quantitative estimate of drug-likeness (QED) is 0.768. The van der Waals surface area contributed by atoms with E-state index in [0.29, 0.717) is 17.1 Å². The summed E-state index contributed by atoms with van der Waals surface area (Å²) in [5.41, 5.74) is 0.979. The fourth-order valence-electron chi connectivity index (χ4n) is 4.79. The lowest BCUT2D eigenvalue weighted by Gasteiger charge is -2.57. The molecule has 1 heterocycles. The van der Waals surface area contributed by atoms with E-state index in [0.717, 1.165) is 0 Å². The highest BCUT2D eigenvalue weighted by Gasteiger charge is 2.49. The van der Waals surface area contributed by atoms with Crippen molar-refractivity contribution in [2.75, 3.05) is 13.1 Å². The van der Waals surface area contributed by atoms with Crippen LogP contribution in [0.1, 0.15) is 71.6 Å². The number of nitrogens with zero attached hydrogens (tertiary/aromatic N) is 1. The first-order valence-corrected chi connectivity index (χ1v) is 8.18. The van der Waals surface area contributed by atoms with E-state index < -0.39 is 0 Å². The number of hydrogen-bond acceptors (Lipinski definition) is 2. The smallest absolute Gasteiger partial charge is 0.0337 e. The van der Waals surface area contributed by atoms with E-state index in [4.69, 9.17) is 0 Å². The Morgan fingerprint density at radius 1 is 0.889 bits per heavy atom. The van der Waals surface area contributed by atoms with Gasteiger partial charge in [0.15, 0.2) is 0 Å². The van der Waals surface area contributed by atoms with Gasteiger partial charge in [-0.3, -0.25) is 4.90 Å². The molecule has 0 aromatic heterocycles. The molecule has 1 N–H and O–H groups in total. The lowest BCUT2D eigenvalue weighted by Crippen LogP contribution is -2.71. The van der Waals surface area contributed by atoms with Crippen LogP contribution in [0, 0.1) is 0 Å². The van der Waals surface area contributed by atoms with Gasteiger partial charge in [-0.2, -0.15) is 0 Å². The van der Waals surface area contributed by atoms with Gasteiger partial charge in [-0.15, -0.1) is 0 Å². The van der Waals surface area contributed by atoms with Crippen molar-refractivity contribution in [1.82, 2.24) is 10.2 Å². The van der Waals surface area contributed by atoms with E-state index in [1.165, 1.54) is 70.9 Å². The molecule has 2 aliphatic carbocycles. The summed E-state index contributed by atoms with van der Waals surface area (Å²) in [5.74, 6) is 0. The van der Waals surface area contributed by atoms with Gasteiger partial charge >= 0.3 is 0 Å². The zero-order chi connectivity index (χ0) is 12.6. The lowest BCUT2D eigenvalue weighted by molar-refractivity contribution is -0.0379. The molecule has 3 fully saturated rings. The third-order valence-electron chi connectivity index (χ3n) is 5.84. The average molecular weight is 250 g/mol. The Kier molecular flexibility index (Phi) is 3.44. The Morgan fingerprint density at radius 2 is 1.50 bits per heavy atom. The molecule has 18 heavy (non-hydrogen) atoms. The first-order valence-electron chi connectivity index (χ1n) is 8.18. The summed E-state index contributed by atoms with van der Waals surface area (Å²) < 4.78 is 0. The second-order valence-electron chi connectivity index (χ2n) is 7.35. The molecule has 0 aromatic rings. The predicted octanol–water partition coefficient (Wildman–Crippen LogP) is 3.32. The van der Waals surface area contributed by atoms with Crippen molar-refractivity contribution in [3.8, 4) is 0 Å². The molecule has 0 amide bonds. The zero-order valence-electron chi connectivity index (χ0n) is 12.3. The molecular weight excluding hydrogens is 220 g/mol. The summed E-state index contributed by atoms with van der Waals surface area (Å²) in [5, 5.41) is 4.00. The molecule has 2 spiro atoms. The second kappa shape index (κ2) is 4.79. The van der Waals surface area contributed by atoms with Crippen LogP contribution >= 0.6 is 0 Å². The molecule has 0 unspecified atom stereocenters. The van der Waals surface area contributed by atoms with Crippen LogP contribution in [-0.4, -0.2) is 35.1 Å². The molecule has 104 valence electrons. The van der Waals surface area contributed by atoms with Crippen molar-refractivity contribution in [2.24, 2.45) is 0 Å². The third kappa shape index (κ3) is 2.12. The lowest BCUT2D eigenvalue weighted by atomic mass is 9.75. The molecule has 3 aliphatic rings. The Balaban J connectivity index is 1.80. The van der Waals surface area contributed by atoms with E-state index in [1.54, 1.807) is 0 Å². The van der Waals surface area contributed by atoms with Crippen LogP contribution in [0.4, 0.5) is 0 Å². The summed E-state index contributed by atoms with van der Waals surface area (Å²) in [6, 6.07) is 0.711.